The topological polar surface area (TPSA) is 17.1 Å². The number of carbonyl (C=O) groups is 1. The molecule has 78 valence electrons. The highest BCUT2D eigenvalue weighted by Gasteiger charge is 2.46. The van der Waals surface area contributed by atoms with Crippen LogP contribution >= 0.6 is 0 Å². The van der Waals surface area contributed by atoms with Crippen molar-refractivity contribution in [2.24, 2.45) is 10.8 Å². The monoisotopic (exact) mass is 192 g/mol. The van der Waals surface area contributed by atoms with Crippen LogP contribution in [-0.4, -0.2) is 5.78 Å². The molecule has 0 radical (unpaired) electrons. The maximum absolute atomic E-state index is 11.6. The SMILES string of the molecule is CC1(C)CCC=CC12CCCC(=O)C2. The lowest BCUT2D eigenvalue weighted by Gasteiger charge is -2.49. The van der Waals surface area contributed by atoms with Crippen LogP contribution in [0.15, 0.2) is 12.2 Å². The Kier molecular flexibility index (Phi) is 2.29. The highest BCUT2D eigenvalue weighted by Crippen LogP contribution is 2.54. The maximum Gasteiger partial charge on any atom is 0.133 e. The molecule has 1 saturated carbocycles. The first-order chi connectivity index (χ1) is 6.56. The second kappa shape index (κ2) is 3.22. The van der Waals surface area contributed by atoms with E-state index in [1.54, 1.807) is 0 Å². The van der Waals surface area contributed by atoms with Gasteiger partial charge in [-0.25, -0.2) is 0 Å². The standard InChI is InChI=1S/C13H20O/c1-12(2)7-3-4-8-13(12)9-5-6-11(14)10-13/h4,8H,3,5-7,9-10H2,1-2H3. The number of Topliss-reactive ketones (excluding diaryl/α,β-unsaturated/α-hetero) is 1. The van der Waals surface area contributed by atoms with E-state index in [4.69, 9.17) is 0 Å². The van der Waals surface area contributed by atoms with Crippen molar-refractivity contribution >= 4 is 5.78 Å². The van der Waals surface area contributed by atoms with Crippen molar-refractivity contribution < 1.29 is 4.79 Å². The molecule has 0 aromatic heterocycles. The molecule has 0 bridgehead atoms. The van der Waals surface area contributed by atoms with Gasteiger partial charge in [0.15, 0.2) is 0 Å². The highest BCUT2D eigenvalue weighted by atomic mass is 16.1. The Balaban J connectivity index is 2.31. The predicted molar refractivity (Wildman–Crippen MR) is 58.1 cm³/mol. The third-order valence-electron chi connectivity index (χ3n) is 4.31. The minimum absolute atomic E-state index is 0.195. The summed E-state index contributed by atoms with van der Waals surface area (Å²) in [5, 5.41) is 0. The zero-order valence-corrected chi connectivity index (χ0v) is 9.31. The van der Waals surface area contributed by atoms with Crippen molar-refractivity contribution in [1.29, 1.82) is 0 Å². The van der Waals surface area contributed by atoms with E-state index >= 15 is 0 Å². The van der Waals surface area contributed by atoms with Gasteiger partial charge in [-0.15, -0.1) is 0 Å². The third kappa shape index (κ3) is 1.43. The van der Waals surface area contributed by atoms with Crippen molar-refractivity contribution in [1.82, 2.24) is 0 Å². The van der Waals surface area contributed by atoms with Crippen LogP contribution in [0.1, 0.15) is 52.4 Å². The van der Waals surface area contributed by atoms with Crippen LogP contribution in [0.2, 0.25) is 0 Å². The normalized spacial score (nSPS) is 36.3. The predicted octanol–water partition coefficient (Wildman–Crippen LogP) is 3.49. The fourth-order valence-corrected chi connectivity index (χ4v) is 3.08. The number of hydrogen-bond donors (Lipinski definition) is 0. The minimum atomic E-state index is 0.195. The van der Waals surface area contributed by atoms with E-state index in [0.717, 1.165) is 19.3 Å². The summed E-state index contributed by atoms with van der Waals surface area (Å²) in [5.74, 6) is 0.468. The Hall–Kier alpha value is -0.590. The van der Waals surface area contributed by atoms with Crippen LogP contribution in [-0.2, 0) is 4.79 Å². The van der Waals surface area contributed by atoms with Crippen LogP contribution in [0.5, 0.6) is 0 Å². The van der Waals surface area contributed by atoms with Crippen molar-refractivity contribution in [3.63, 3.8) is 0 Å². The molecule has 1 unspecified atom stereocenters. The Morgan fingerprint density at radius 1 is 1.29 bits per heavy atom. The van der Waals surface area contributed by atoms with Crippen LogP contribution in [0.3, 0.4) is 0 Å². The Bertz CT molecular complexity index is 275. The first-order valence-corrected chi connectivity index (χ1v) is 5.75. The molecule has 1 nitrogen and oxygen atoms in total. The van der Waals surface area contributed by atoms with Gasteiger partial charge in [-0.05, 0) is 31.1 Å². The van der Waals surface area contributed by atoms with Gasteiger partial charge >= 0.3 is 0 Å². The fourth-order valence-electron chi connectivity index (χ4n) is 3.08. The summed E-state index contributed by atoms with van der Waals surface area (Å²) in [6, 6.07) is 0. The summed E-state index contributed by atoms with van der Waals surface area (Å²) in [5.41, 5.74) is 0.512. The molecule has 1 atom stereocenters. The molecule has 1 fully saturated rings. The maximum atomic E-state index is 11.6. The van der Waals surface area contributed by atoms with Gasteiger partial charge in [0.25, 0.3) is 0 Å². The van der Waals surface area contributed by atoms with Crippen LogP contribution in [0.25, 0.3) is 0 Å². The zero-order chi connectivity index (χ0) is 10.2. The molecular weight excluding hydrogens is 172 g/mol. The lowest BCUT2D eigenvalue weighted by Crippen LogP contribution is -2.42. The summed E-state index contributed by atoms with van der Waals surface area (Å²) >= 11 is 0. The van der Waals surface area contributed by atoms with Gasteiger partial charge in [0.05, 0.1) is 0 Å². The largest absolute Gasteiger partial charge is 0.300 e. The highest BCUT2D eigenvalue weighted by molar-refractivity contribution is 5.80. The van der Waals surface area contributed by atoms with E-state index in [-0.39, 0.29) is 5.41 Å². The smallest absolute Gasteiger partial charge is 0.133 e. The molecule has 2 rings (SSSR count). The summed E-state index contributed by atoms with van der Waals surface area (Å²) < 4.78 is 0. The first-order valence-electron chi connectivity index (χ1n) is 5.75. The fraction of sp³-hybridized carbons (Fsp3) is 0.769. The van der Waals surface area contributed by atoms with Gasteiger partial charge in [-0.2, -0.15) is 0 Å². The van der Waals surface area contributed by atoms with Crippen LogP contribution in [0.4, 0.5) is 0 Å². The average Bonchev–Trinajstić information content (AvgIpc) is 2.11. The second-order valence-electron chi connectivity index (χ2n) is 5.55. The van der Waals surface area contributed by atoms with Gasteiger partial charge in [0, 0.05) is 18.3 Å². The number of carbonyl (C=O) groups excluding carboxylic acids is 1. The van der Waals surface area contributed by atoms with E-state index in [1.165, 1.54) is 19.3 Å². The molecule has 2 aliphatic carbocycles. The van der Waals surface area contributed by atoms with Crippen LogP contribution < -0.4 is 0 Å². The minimum Gasteiger partial charge on any atom is -0.300 e. The molecule has 0 aliphatic heterocycles. The van der Waals surface area contributed by atoms with E-state index in [0.29, 0.717) is 11.2 Å². The number of ketones is 1. The summed E-state index contributed by atoms with van der Waals surface area (Å²) in [7, 11) is 0. The molecule has 1 spiro atoms. The van der Waals surface area contributed by atoms with Gasteiger partial charge in [-0.3, -0.25) is 4.79 Å². The number of rotatable bonds is 0. The first kappa shape index (κ1) is 9.95. The molecular formula is C13H20O. The van der Waals surface area contributed by atoms with E-state index in [9.17, 15) is 4.79 Å². The van der Waals surface area contributed by atoms with E-state index in [2.05, 4.69) is 26.0 Å². The second-order valence-corrected chi connectivity index (χ2v) is 5.55. The zero-order valence-electron chi connectivity index (χ0n) is 9.31. The van der Waals surface area contributed by atoms with E-state index < -0.39 is 0 Å². The van der Waals surface area contributed by atoms with Crippen molar-refractivity contribution in [3.8, 4) is 0 Å². The van der Waals surface area contributed by atoms with Crippen molar-refractivity contribution in [2.45, 2.75) is 52.4 Å². The molecule has 0 aromatic carbocycles. The van der Waals surface area contributed by atoms with E-state index in [1.807, 2.05) is 0 Å². The molecule has 0 saturated heterocycles. The molecule has 0 aromatic rings. The van der Waals surface area contributed by atoms with Gasteiger partial charge in [-0.1, -0.05) is 26.0 Å². The Morgan fingerprint density at radius 3 is 2.71 bits per heavy atom. The lowest BCUT2D eigenvalue weighted by atomic mass is 9.55. The van der Waals surface area contributed by atoms with Crippen molar-refractivity contribution in [2.75, 3.05) is 0 Å². The van der Waals surface area contributed by atoms with Gasteiger partial charge in [0.2, 0.25) is 0 Å². The molecule has 2 aliphatic rings. The molecule has 0 heterocycles. The average molecular weight is 192 g/mol. The molecule has 0 amide bonds. The Morgan fingerprint density at radius 2 is 2.07 bits per heavy atom. The summed E-state index contributed by atoms with van der Waals surface area (Å²) in [6.07, 6.45) is 10.9. The number of allylic oxidation sites excluding steroid dienone is 2. The molecule has 14 heavy (non-hydrogen) atoms. The summed E-state index contributed by atoms with van der Waals surface area (Å²) in [4.78, 5) is 11.6. The quantitative estimate of drug-likeness (QED) is 0.537. The third-order valence-corrected chi connectivity index (χ3v) is 4.31. The van der Waals surface area contributed by atoms with Crippen molar-refractivity contribution in [3.05, 3.63) is 12.2 Å². The Labute approximate surface area is 86.6 Å². The van der Waals surface area contributed by atoms with Gasteiger partial charge < -0.3 is 0 Å². The van der Waals surface area contributed by atoms with Crippen LogP contribution in [0, 0.1) is 10.8 Å². The lowest BCUT2D eigenvalue weighted by molar-refractivity contribution is -0.125. The summed E-state index contributed by atoms with van der Waals surface area (Å²) in [6.45, 7) is 4.66. The molecule has 1 heteroatoms. The number of hydrogen-bond acceptors (Lipinski definition) is 1. The molecule has 0 N–H and O–H groups in total. The van der Waals surface area contributed by atoms with Gasteiger partial charge in [0.1, 0.15) is 5.78 Å².